The van der Waals surface area contributed by atoms with Crippen LogP contribution in [0.1, 0.15) is 60.3 Å². The van der Waals surface area contributed by atoms with Gasteiger partial charge in [-0.05, 0) is 31.6 Å². The van der Waals surface area contributed by atoms with Gasteiger partial charge in [0.1, 0.15) is 0 Å². The first kappa shape index (κ1) is 13.9. The normalized spacial score (nSPS) is 28.9. The van der Waals surface area contributed by atoms with Crippen molar-refractivity contribution < 1.29 is 4.79 Å². The number of rotatable bonds is 3. The van der Waals surface area contributed by atoms with Crippen LogP contribution in [0.25, 0.3) is 0 Å². The van der Waals surface area contributed by atoms with Crippen LogP contribution in [0.5, 0.6) is 0 Å². The summed E-state index contributed by atoms with van der Waals surface area (Å²) in [5.74, 6) is 1.34. The predicted molar refractivity (Wildman–Crippen MR) is 74.1 cm³/mol. The van der Waals surface area contributed by atoms with Crippen LogP contribution in [-0.4, -0.2) is 28.6 Å². The van der Waals surface area contributed by atoms with Gasteiger partial charge in [0.15, 0.2) is 0 Å². The van der Waals surface area contributed by atoms with Crippen LogP contribution in [0.3, 0.4) is 0 Å². The van der Waals surface area contributed by atoms with Crippen molar-refractivity contribution in [2.24, 2.45) is 11.8 Å². The van der Waals surface area contributed by atoms with E-state index in [1.54, 1.807) is 0 Å². The summed E-state index contributed by atoms with van der Waals surface area (Å²) in [5.41, 5.74) is -0.224. The van der Waals surface area contributed by atoms with Crippen molar-refractivity contribution >= 4 is 5.91 Å². The molecule has 3 heteroatoms. The molecule has 1 saturated carbocycles. The fourth-order valence-electron chi connectivity index (χ4n) is 3.37. The Morgan fingerprint density at radius 2 is 1.72 bits per heavy atom. The monoisotopic (exact) mass is 252 g/mol. The van der Waals surface area contributed by atoms with Gasteiger partial charge in [0, 0.05) is 6.04 Å². The van der Waals surface area contributed by atoms with Crippen LogP contribution in [0.15, 0.2) is 0 Å². The number of amides is 1. The Bertz CT molecular complexity index is 318. The number of nitrogens with one attached hydrogen (secondary N) is 1. The summed E-state index contributed by atoms with van der Waals surface area (Å²) < 4.78 is 0. The second-order valence-electron chi connectivity index (χ2n) is 6.82. The number of hydrogen-bond donors (Lipinski definition) is 1. The smallest absolute Gasteiger partial charge is 0.244 e. The average Bonchev–Trinajstić information content (AvgIpc) is 2.86. The van der Waals surface area contributed by atoms with E-state index in [-0.39, 0.29) is 11.7 Å². The second-order valence-corrected chi connectivity index (χ2v) is 6.82. The molecule has 1 amide bonds. The molecule has 1 spiro atoms. The van der Waals surface area contributed by atoms with Crippen molar-refractivity contribution in [2.75, 3.05) is 0 Å². The fraction of sp³-hybridized carbons (Fsp3) is 0.933. The average molecular weight is 252 g/mol. The summed E-state index contributed by atoms with van der Waals surface area (Å²) in [6.45, 7) is 11.0. The Morgan fingerprint density at radius 3 is 2.17 bits per heavy atom. The summed E-state index contributed by atoms with van der Waals surface area (Å²) in [4.78, 5) is 15.0. The summed E-state index contributed by atoms with van der Waals surface area (Å²) in [5, 5.41) is 3.68. The first-order chi connectivity index (χ1) is 8.39. The first-order valence-corrected chi connectivity index (χ1v) is 7.49. The van der Waals surface area contributed by atoms with E-state index in [2.05, 4.69) is 44.8 Å². The van der Waals surface area contributed by atoms with Crippen LogP contribution < -0.4 is 5.32 Å². The SMILES string of the molecule is CC(C)C(C)N1C(=O)C2(CCCC2)NC1C(C)C. The standard InChI is InChI=1S/C15H28N2O/c1-10(2)12(5)17-13(11(3)4)16-15(14(17)18)8-6-7-9-15/h10-13,16H,6-9H2,1-5H3. The van der Waals surface area contributed by atoms with Gasteiger partial charge in [0.25, 0.3) is 0 Å². The molecule has 18 heavy (non-hydrogen) atoms. The second kappa shape index (κ2) is 4.84. The third kappa shape index (κ3) is 2.07. The van der Waals surface area contributed by atoms with E-state index in [0.717, 1.165) is 12.8 Å². The fourth-order valence-corrected chi connectivity index (χ4v) is 3.37. The van der Waals surface area contributed by atoms with Crippen molar-refractivity contribution in [3.8, 4) is 0 Å². The van der Waals surface area contributed by atoms with E-state index < -0.39 is 0 Å². The van der Waals surface area contributed by atoms with Crippen LogP contribution >= 0.6 is 0 Å². The molecular weight excluding hydrogens is 224 g/mol. The zero-order valence-corrected chi connectivity index (χ0v) is 12.5. The molecule has 2 atom stereocenters. The number of hydrogen-bond acceptors (Lipinski definition) is 2. The van der Waals surface area contributed by atoms with Gasteiger partial charge in [-0.25, -0.2) is 0 Å². The number of carbonyl (C=O) groups excluding carboxylic acids is 1. The topological polar surface area (TPSA) is 32.3 Å². The lowest BCUT2D eigenvalue weighted by Crippen LogP contribution is -2.48. The highest BCUT2D eigenvalue weighted by Gasteiger charge is 2.54. The van der Waals surface area contributed by atoms with Gasteiger partial charge in [0.05, 0.1) is 11.7 Å². The lowest BCUT2D eigenvalue weighted by Gasteiger charge is -2.34. The maximum Gasteiger partial charge on any atom is 0.244 e. The summed E-state index contributed by atoms with van der Waals surface area (Å²) in [7, 11) is 0. The molecular formula is C15H28N2O. The quantitative estimate of drug-likeness (QED) is 0.837. The van der Waals surface area contributed by atoms with Crippen molar-refractivity contribution in [2.45, 2.75) is 78.0 Å². The molecule has 0 bridgehead atoms. The van der Waals surface area contributed by atoms with Gasteiger partial charge >= 0.3 is 0 Å². The van der Waals surface area contributed by atoms with Crippen LogP contribution in [0.4, 0.5) is 0 Å². The molecule has 2 aliphatic rings. The molecule has 3 nitrogen and oxygen atoms in total. The first-order valence-electron chi connectivity index (χ1n) is 7.49. The lowest BCUT2D eigenvalue weighted by atomic mass is 9.96. The molecule has 0 radical (unpaired) electrons. The van der Waals surface area contributed by atoms with Gasteiger partial charge < -0.3 is 4.90 Å². The van der Waals surface area contributed by atoms with Crippen LogP contribution in [-0.2, 0) is 4.79 Å². The van der Waals surface area contributed by atoms with E-state index >= 15 is 0 Å². The third-order valence-corrected chi connectivity index (χ3v) is 4.86. The minimum atomic E-state index is -0.224. The highest BCUT2D eigenvalue weighted by Crippen LogP contribution is 2.39. The molecule has 1 N–H and O–H groups in total. The zero-order chi connectivity index (χ0) is 13.5. The van der Waals surface area contributed by atoms with E-state index in [9.17, 15) is 4.79 Å². The molecule has 0 aromatic carbocycles. The van der Waals surface area contributed by atoms with Crippen molar-refractivity contribution in [1.29, 1.82) is 0 Å². The highest BCUT2D eigenvalue weighted by molar-refractivity contribution is 5.89. The maximum atomic E-state index is 12.9. The van der Waals surface area contributed by atoms with E-state index in [1.165, 1.54) is 12.8 Å². The number of carbonyl (C=O) groups is 1. The molecule has 2 fully saturated rings. The minimum Gasteiger partial charge on any atom is -0.322 e. The van der Waals surface area contributed by atoms with Crippen molar-refractivity contribution in [3.05, 3.63) is 0 Å². The van der Waals surface area contributed by atoms with E-state index in [0.29, 0.717) is 23.8 Å². The molecule has 1 aliphatic carbocycles. The van der Waals surface area contributed by atoms with Gasteiger partial charge in [-0.1, -0.05) is 40.5 Å². The van der Waals surface area contributed by atoms with Crippen LogP contribution in [0, 0.1) is 11.8 Å². The largest absolute Gasteiger partial charge is 0.322 e. The molecule has 104 valence electrons. The van der Waals surface area contributed by atoms with Gasteiger partial charge in [-0.3, -0.25) is 10.1 Å². The van der Waals surface area contributed by atoms with E-state index in [1.807, 2.05) is 0 Å². The minimum absolute atomic E-state index is 0.216. The Hall–Kier alpha value is -0.570. The predicted octanol–water partition coefficient (Wildman–Crippen LogP) is 2.76. The maximum absolute atomic E-state index is 12.9. The number of nitrogens with zero attached hydrogens (tertiary/aromatic N) is 1. The molecule has 0 aromatic rings. The van der Waals surface area contributed by atoms with Gasteiger partial charge in [-0.15, -0.1) is 0 Å². The molecule has 0 aromatic heterocycles. The van der Waals surface area contributed by atoms with Crippen molar-refractivity contribution in [3.63, 3.8) is 0 Å². The third-order valence-electron chi connectivity index (χ3n) is 4.86. The Morgan fingerprint density at radius 1 is 1.17 bits per heavy atom. The van der Waals surface area contributed by atoms with Crippen molar-refractivity contribution in [1.82, 2.24) is 10.2 Å². The Kier molecular flexibility index (Phi) is 3.72. The molecule has 1 aliphatic heterocycles. The van der Waals surface area contributed by atoms with Gasteiger partial charge in [0.2, 0.25) is 5.91 Å². The molecule has 1 heterocycles. The molecule has 2 unspecified atom stereocenters. The summed E-state index contributed by atoms with van der Waals surface area (Å²) in [6, 6.07) is 0.317. The summed E-state index contributed by atoms with van der Waals surface area (Å²) in [6.07, 6.45) is 4.64. The van der Waals surface area contributed by atoms with E-state index in [4.69, 9.17) is 0 Å². The Labute approximate surface area is 111 Å². The Balaban J connectivity index is 2.27. The summed E-state index contributed by atoms with van der Waals surface area (Å²) >= 11 is 0. The zero-order valence-electron chi connectivity index (χ0n) is 12.5. The highest BCUT2D eigenvalue weighted by atomic mass is 16.2. The lowest BCUT2D eigenvalue weighted by molar-refractivity contribution is -0.136. The van der Waals surface area contributed by atoms with Crippen LogP contribution in [0.2, 0.25) is 0 Å². The molecule has 1 saturated heterocycles. The molecule has 2 rings (SSSR count). The van der Waals surface area contributed by atoms with Gasteiger partial charge in [-0.2, -0.15) is 0 Å².